The van der Waals surface area contributed by atoms with Crippen molar-refractivity contribution in [2.24, 2.45) is 5.41 Å². The molecule has 3 rings (SSSR count). The van der Waals surface area contributed by atoms with E-state index in [2.05, 4.69) is 13.8 Å². The molecule has 0 saturated carbocycles. The van der Waals surface area contributed by atoms with Crippen LogP contribution >= 0.6 is 0 Å². The van der Waals surface area contributed by atoms with E-state index in [1.165, 1.54) is 0 Å². The molecule has 1 aliphatic carbocycles. The predicted molar refractivity (Wildman–Crippen MR) is 107 cm³/mol. The van der Waals surface area contributed by atoms with Gasteiger partial charge < -0.3 is 10.2 Å². The van der Waals surface area contributed by atoms with Gasteiger partial charge in [0, 0.05) is 17.7 Å². The highest BCUT2D eigenvalue weighted by molar-refractivity contribution is 5.48. The summed E-state index contributed by atoms with van der Waals surface area (Å²) in [6, 6.07) is 2.48. The van der Waals surface area contributed by atoms with Crippen LogP contribution in [-0.4, -0.2) is 15.2 Å². The summed E-state index contributed by atoms with van der Waals surface area (Å²) < 4.78 is 52.8. The van der Waals surface area contributed by atoms with Crippen LogP contribution in [0.25, 0.3) is 0 Å². The number of benzene rings is 1. The minimum absolute atomic E-state index is 0.0323. The van der Waals surface area contributed by atoms with Crippen LogP contribution in [-0.2, 0) is 12.6 Å². The Morgan fingerprint density at radius 2 is 1.87 bits per heavy atom. The van der Waals surface area contributed by atoms with Crippen molar-refractivity contribution in [1.29, 1.82) is 0 Å². The van der Waals surface area contributed by atoms with Crippen LogP contribution in [0.15, 0.2) is 18.2 Å². The van der Waals surface area contributed by atoms with Crippen molar-refractivity contribution in [3.63, 3.8) is 0 Å². The first-order chi connectivity index (χ1) is 13.7. The fraction of sp³-hybridized carbons (Fsp3) is 0.522. The largest absolute Gasteiger partial charge is 0.440 e. The van der Waals surface area contributed by atoms with Gasteiger partial charge in [-0.1, -0.05) is 33.8 Å². The van der Waals surface area contributed by atoms with Gasteiger partial charge in [-0.25, -0.2) is 4.39 Å². The lowest BCUT2D eigenvalue weighted by atomic mass is 9.72. The summed E-state index contributed by atoms with van der Waals surface area (Å²) in [4.78, 5) is 4.79. The molecule has 0 unspecified atom stereocenters. The van der Waals surface area contributed by atoms with E-state index in [9.17, 15) is 22.7 Å². The first kappa shape index (κ1) is 22.7. The maximum Gasteiger partial charge on any atom is 0.419 e. The number of alkyl halides is 3. The van der Waals surface area contributed by atoms with E-state index in [1.807, 2.05) is 20.8 Å². The van der Waals surface area contributed by atoms with Gasteiger partial charge in [-0.15, -0.1) is 0 Å². The Kier molecular flexibility index (Phi) is 5.75. The molecular formula is C23H28F4NO2+. The summed E-state index contributed by atoms with van der Waals surface area (Å²) in [6.45, 7) is 9.84. The van der Waals surface area contributed by atoms with Crippen LogP contribution in [0.3, 0.4) is 0 Å². The van der Waals surface area contributed by atoms with E-state index in [0.29, 0.717) is 35.7 Å². The normalized spacial score (nSPS) is 19.7. The third-order valence-electron chi connectivity index (χ3n) is 5.84. The molecule has 7 heteroatoms. The molecular weight excluding hydrogens is 398 g/mol. The molecule has 0 saturated heterocycles. The number of hydrogen-bond donors (Lipinski definition) is 1. The number of aliphatic hydroxyl groups is 1. The molecule has 2 atom stereocenters. The Hall–Kier alpha value is -1.99. The number of aliphatic hydroxyl groups excluding tert-OH is 1. The van der Waals surface area contributed by atoms with Crippen molar-refractivity contribution >= 4 is 0 Å². The topological polar surface area (TPSA) is 56.0 Å². The fourth-order valence-electron chi connectivity index (χ4n) is 4.48. The Labute approximate surface area is 173 Å². The SMILES string of the molecule is Cc1c([C@H](O)c2ccc(C(F)(F)F)c(F)c2)c(C(C)C)nc2c1[C@@H]([OH2+])CC(C)(C)C2. The maximum absolute atomic E-state index is 14.1. The second-order valence-electron chi connectivity index (χ2n) is 9.29. The zero-order valence-corrected chi connectivity index (χ0v) is 17.8. The van der Waals surface area contributed by atoms with Crippen LogP contribution in [0, 0.1) is 18.2 Å². The van der Waals surface area contributed by atoms with E-state index in [4.69, 9.17) is 10.1 Å². The number of fused-ring (bicyclic) bond motifs is 1. The van der Waals surface area contributed by atoms with E-state index in [-0.39, 0.29) is 16.9 Å². The van der Waals surface area contributed by atoms with Crippen LogP contribution < -0.4 is 0 Å². The van der Waals surface area contributed by atoms with Gasteiger partial charge in [0.25, 0.3) is 0 Å². The molecule has 0 spiro atoms. The summed E-state index contributed by atoms with van der Waals surface area (Å²) in [7, 11) is 0. The summed E-state index contributed by atoms with van der Waals surface area (Å²) in [6.07, 6.45) is -5.28. The Morgan fingerprint density at radius 3 is 2.40 bits per heavy atom. The summed E-state index contributed by atoms with van der Waals surface area (Å²) in [5, 5.41) is 19.7. The van der Waals surface area contributed by atoms with Gasteiger partial charge >= 0.3 is 6.18 Å². The second kappa shape index (κ2) is 7.61. The van der Waals surface area contributed by atoms with E-state index < -0.39 is 29.8 Å². The number of hydrogen-bond acceptors (Lipinski definition) is 2. The molecule has 0 radical (unpaired) electrons. The van der Waals surface area contributed by atoms with Crippen LogP contribution in [0.5, 0.6) is 0 Å². The third-order valence-corrected chi connectivity index (χ3v) is 5.84. The van der Waals surface area contributed by atoms with Crippen LogP contribution in [0.1, 0.15) is 91.4 Å². The molecule has 0 amide bonds. The molecule has 1 aromatic heterocycles. The zero-order chi connectivity index (χ0) is 22.6. The van der Waals surface area contributed by atoms with Gasteiger partial charge in [0.05, 0.1) is 16.8 Å². The summed E-state index contributed by atoms with van der Waals surface area (Å²) in [5.74, 6) is -1.49. The predicted octanol–water partition coefficient (Wildman–Crippen LogP) is 5.49. The Bertz CT molecular complexity index is 967. The third kappa shape index (κ3) is 4.10. The molecule has 1 aliphatic rings. The molecule has 3 N–H and O–H groups in total. The Balaban J connectivity index is 2.16. The number of nitrogens with zero attached hydrogens (tertiary/aromatic N) is 1. The van der Waals surface area contributed by atoms with Crippen molar-refractivity contribution in [1.82, 2.24) is 4.98 Å². The minimum Gasteiger partial charge on any atom is -0.440 e. The Morgan fingerprint density at radius 1 is 1.23 bits per heavy atom. The minimum atomic E-state index is -4.80. The molecule has 164 valence electrons. The van der Waals surface area contributed by atoms with Crippen molar-refractivity contribution in [3.8, 4) is 0 Å². The lowest BCUT2D eigenvalue weighted by Crippen LogP contribution is -2.29. The number of pyridine rings is 1. The average molecular weight is 426 g/mol. The van der Waals surface area contributed by atoms with Crippen molar-refractivity contribution in [2.45, 2.75) is 71.8 Å². The molecule has 1 heterocycles. The molecule has 2 aromatic rings. The van der Waals surface area contributed by atoms with Gasteiger partial charge in [-0.3, -0.25) is 4.98 Å². The number of aromatic nitrogens is 1. The van der Waals surface area contributed by atoms with Crippen LogP contribution in [0.2, 0.25) is 0 Å². The molecule has 3 nitrogen and oxygen atoms in total. The van der Waals surface area contributed by atoms with E-state index in [0.717, 1.165) is 23.4 Å². The van der Waals surface area contributed by atoms with Gasteiger partial charge in [-0.05, 0) is 47.9 Å². The standard InChI is InChI=1S/C23H27F4NO2/c1-11(2)20-19(12(3)18-16(28-20)9-22(4,5)10-17(18)29)21(30)13-6-7-14(15(24)8-13)23(25,26)27/h6-8,11,17,21,29-30H,9-10H2,1-5H3/p+1/t17-,21+/m0/s1. The lowest BCUT2D eigenvalue weighted by molar-refractivity contribution is -0.140. The molecule has 30 heavy (non-hydrogen) atoms. The second-order valence-corrected chi connectivity index (χ2v) is 9.29. The maximum atomic E-state index is 14.1. The van der Waals surface area contributed by atoms with E-state index >= 15 is 0 Å². The van der Waals surface area contributed by atoms with E-state index in [1.54, 1.807) is 0 Å². The fourth-order valence-corrected chi connectivity index (χ4v) is 4.48. The molecule has 0 fully saturated rings. The molecule has 0 aliphatic heterocycles. The summed E-state index contributed by atoms with van der Waals surface area (Å²) >= 11 is 0. The van der Waals surface area contributed by atoms with Gasteiger partial charge in [0.15, 0.2) is 6.10 Å². The molecule has 1 aromatic carbocycles. The summed E-state index contributed by atoms with van der Waals surface area (Å²) in [5.41, 5.74) is 2.00. The highest BCUT2D eigenvalue weighted by atomic mass is 19.4. The van der Waals surface area contributed by atoms with Crippen molar-refractivity contribution in [3.05, 3.63) is 63.2 Å². The van der Waals surface area contributed by atoms with Gasteiger partial charge in [-0.2, -0.15) is 13.2 Å². The first-order valence-corrected chi connectivity index (χ1v) is 10.0. The zero-order valence-electron chi connectivity index (χ0n) is 17.8. The molecule has 0 bridgehead atoms. The van der Waals surface area contributed by atoms with Crippen molar-refractivity contribution in [2.75, 3.05) is 0 Å². The quantitative estimate of drug-likeness (QED) is 0.521. The van der Waals surface area contributed by atoms with Gasteiger partial charge in [0.1, 0.15) is 11.9 Å². The highest BCUT2D eigenvalue weighted by Gasteiger charge is 2.39. The smallest absolute Gasteiger partial charge is 0.419 e. The highest BCUT2D eigenvalue weighted by Crippen LogP contribution is 2.45. The monoisotopic (exact) mass is 426 g/mol. The average Bonchev–Trinajstić information content (AvgIpc) is 2.57. The van der Waals surface area contributed by atoms with Gasteiger partial charge in [0.2, 0.25) is 0 Å². The van der Waals surface area contributed by atoms with Crippen molar-refractivity contribution < 1.29 is 27.8 Å². The lowest BCUT2D eigenvalue weighted by Gasteiger charge is -2.34. The van der Waals surface area contributed by atoms with Crippen LogP contribution in [0.4, 0.5) is 17.6 Å². The number of rotatable bonds is 3. The number of halogens is 4. The first-order valence-electron chi connectivity index (χ1n) is 10.0.